The number of nitrogens with one attached hydrogen (secondary N) is 1. The highest BCUT2D eigenvalue weighted by molar-refractivity contribution is 8.14. The molecule has 2 atom stereocenters. The number of aliphatic imine (C=N–C) groups is 2. The van der Waals surface area contributed by atoms with Crippen LogP contribution in [0.25, 0.3) is 0 Å². The van der Waals surface area contributed by atoms with Crippen LogP contribution in [-0.4, -0.2) is 64.1 Å². The average molecular weight is 378 g/mol. The molecule has 1 amide bonds. The number of carbonyl (C=O) groups excluding carboxylic acids is 1. The van der Waals surface area contributed by atoms with Crippen LogP contribution in [0.1, 0.15) is 12.8 Å². The monoisotopic (exact) mass is 378 g/mol. The Bertz CT molecular complexity index is 697. The first-order valence-corrected chi connectivity index (χ1v) is 9.25. The van der Waals surface area contributed by atoms with Crippen molar-refractivity contribution in [3.05, 3.63) is 24.2 Å². The summed E-state index contributed by atoms with van der Waals surface area (Å²) in [5.41, 5.74) is 1.29. The van der Waals surface area contributed by atoms with E-state index in [1.165, 1.54) is 5.57 Å². The molecule has 1 aromatic heterocycles. The fourth-order valence-electron chi connectivity index (χ4n) is 3.06. The second kappa shape index (κ2) is 8.95. The van der Waals surface area contributed by atoms with Gasteiger partial charge in [0, 0.05) is 32.7 Å². The summed E-state index contributed by atoms with van der Waals surface area (Å²) in [7, 11) is 3.43. The van der Waals surface area contributed by atoms with Crippen molar-refractivity contribution < 1.29 is 14.3 Å². The molecule has 26 heavy (non-hydrogen) atoms. The number of hydrogen-bond acceptors (Lipinski definition) is 8. The standard InChI is InChI=1S/C13H17N3O3S.C3H5N3/c1-18-12-10-11(20-13(16-10)15-7-17)9(6-14-12)8-2-4-19-5-3-8;1-6-3-2-4-5-6/h6-8,10-11H,2-5H2,1H3,(H,15,16,17);2-3H,1H3. The predicted octanol–water partition coefficient (Wildman–Crippen LogP) is 0.756. The number of fused-ring (bicyclic) bond motifs is 1. The van der Waals surface area contributed by atoms with Gasteiger partial charge in [0.25, 0.3) is 0 Å². The maximum atomic E-state index is 10.6. The lowest BCUT2D eigenvalue weighted by Gasteiger charge is -2.31. The zero-order valence-electron chi connectivity index (χ0n) is 14.7. The number of thioether (sulfide) groups is 1. The molecule has 3 aliphatic heterocycles. The summed E-state index contributed by atoms with van der Waals surface area (Å²) in [6, 6.07) is -0.129. The van der Waals surface area contributed by atoms with Crippen LogP contribution in [0.5, 0.6) is 0 Å². The van der Waals surface area contributed by atoms with E-state index in [1.54, 1.807) is 35.9 Å². The lowest BCUT2D eigenvalue weighted by atomic mass is 9.86. The highest BCUT2D eigenvalue weighted by Gasteiger charge is 2.41. The fraction of sp³-hybridized carbons (Fsp3) is 0.562. The Hall–Kier alpha value is -2.20. The number of carbonyl (C=O) groups is 1. The lowest BCUT2D eigenvalue weighted by Crippen LogP contribution is -2.36. The van der Waals surface area contributed by atoms with Crippen molar-refractivity contribution in [1.82, 2.24) is 20.3 Å². The zero-order valence-corrected chi connectivity index (χ0v) is 15.6. The van der Waals surface area contributed by atoms with Gasteiger partial charge in [-0.2, -0.15) is 0 Å². The van der Waals surface area contributed by atoms with Crippen molar-refractivity contribution in [3.63, 3.8) is 0 Å². The topological polar surface area (TPSA) is 103 Å². The third-order valence-electron chi connectivity index (χ3n) is 4.33. The molecule has 1 N–H and O–H groups in total. The van der Waals surface area contributed by atoms with E-state index in [4.69, 9.17) is 9.47 Å². The smallest absolute Gasteiger partial charge is 0.214 e. The molecule has 0 bridgehead atoms. The third-order valence-corrected chi connectivity index (χ3v) is 5.56. The van der Waals surface area contributed by atoms with Crippen LogP contribution in [0, 0.1) is 5.92 Å². The molecule has 140 valence electrons. The van der Waals surface area contributed by atoms with Gasteiger partial charge in [0.15, 0.2) is 5.17 Å². The molecule has 10 heteroatoms. The van der Waals surface area contributed by atoms with Gasteiger partial charge in [-0.25, -0.2) is 9.98 Å². The number of ether oxygens (including phenoxy) is 2. The number of amides is 1. The van der Waals surface area contributed by atoms with Crippen LogP contribution in [-0.2, 0) is 21.3 Å². The van der Waals surface area contributed by atoms with E-state index in [9.17, 15) is 4.79 Å². The van der Waals surface area contributed by atoms with Gasteiger partial charge >= 0.3 is 0 Å². The Morgan fingerprint density at radius 2 is 2.23 bits per heavy atom. The van der Waals surface area contributed by atoms with Gasteiger partial charge in [0.05, 0.1) is 18.6 Å². The number of amidine groups is 1. The molecule has 3 aliphatic rings. The Labute approximate surface area is 155 Å². The number of hydrogen-bond donors (Lipinski definition) is 1. The molecular weight excluding hydrogens is 356 g/mol. The summed E-state index contributed by atoms with van der Waals surface area (Å²) in [5, 5.41) is 10.6. The first-order chi connectivity index (χ1) is 12.7. The molecule has 0 saturated carbocycles. The van der Waals surface area contributed by atoms with Gasteiger partial charge in [0.1, 0.15) is 6.04 Å². The first-order valence-electron chi connectivity index (χ1n) is 8.37. The zero-order chi connectivity index (χ0) is 18.4. The van der Waals surface area contributed by atoms with Crippen LogP contribution >= 0.6 is 11.8 Å². The third kappa shape index (κ3) is 4.31. The summed E-state index contributed by atoms with van der Waals surface area (Å²) < 4.78 is 12.4. The number of nitrogens with zero attached hydrogens (tertiary/aromatic N) is 5. The Morgan fingerprint density at radius 3 is 2.81 bits per heavy atom. The highest BCUT2D eigenvalue weighted by Crippen LogP contribution is 2.40. The fourth-order valence-corrected chi connectivity index (χ4v) is 4.29. The molecule has 1 aromatic rings. The van der Waals surface area contributed by atoms with Crippen LogP contribution in [0.15, 0.2) is 34.2 Å². The van der Waals surface area contributed by atoms with Gasteiger partial charge in [-0.1, -0.05) is 17.0 Å². The number of aromatic nitrogens is 3. The van der Waals surface area contributed by atoms with Crippen molar-refractivity contribution in [3.8, 4) is 0 Å². The van der Waals surface area contributed by atoms with Crippen LogP contribution in [0.2, 0.25) is 0 Å². The van der Waals surface area contributed by atoms with Crippen LogP contribution < -0.4 is 5.32 Å². The van der Waals surface area contributed by atoms with Crippen LogP contribution in [0.4, 0.5) is 0 Å². The molecule has 2 unspecified atom stereocenters. The van der Waals surface area contributed by atoms with E-state index in [0.717, 1.165) is 26.1 Å². The van der Waals surface area contributed by atoms with Gasteiger partial charge < -0.3 is 14.8 Å². The van der Waals surface area contributed by atoms with Crippen molar-refractivity contribution in [2.45, 2.75) is 24.1 Å². The van der Waals surface area contributed by atoms with E-state index in [0.29, 0.717) is 23.4 Å². The van der Waals surface area contributed by atoms with E-state index in [2.05, 4.69) is 25.6 Å². The molecule has 9 nitrogen and oxygen atoms in total. The van der Waals surface area contributed by atoms with Crippen molar-refractivity contribution in [2.24, 2.45) is 23.0 Å². The molecule has 0 aromatic carbocycles. The molecule has 0 spiro atoms. The summed E-state index contributed by atoms with van der Waals surface area (Å²) in [6.07, 6.45) is 8.03. The summed E-state index contributed by atoms with van der Waals surface area (Å²) in [4.78, 5) is 19.5. The minimum atomic E-state index is -0.129. The van der Waals surface area contributed by atoms with E-state index >= 15 is 0 Å². The van der Waals surface area contributed by atoms with Crippen molar-refractivity contribution in [2.75, 3.05) is 20.3 Å². The second-order valence-corrected chi connectivity index (χ2v) is 7.07. The van der Waals surface area contributed by atoms with Crippen molar-refractivity contribution in [1.29, 1.82) is 0 Å². The SMILES string of the molecule is COC1=NC=C(C2CCOCC2)C2SC(NC=O)=NC12.Cn1ccnn1. The van der Waals surface area contributed by atoms with Crippen LogP contribution in [0.3, 0.4) is 0 Å². The molecule has 4 heterocycles. The number of rotatable bonds is 2. The molecule has 1 fully saturated rings. The van der Waals surface area contributed by atoms with E-state index in [1.807, 2.05) is 13.2 Å². The number of methoxy groups -OCH3 is 1. The van der Waals surface area contributed by atoms with E-state index < -0.39 is 0 Å². The molecule has 0 aliphatic carbocycles. The molecule has 0 radical (unpaired) electrons. The predicted molar refractivity (Wildman–Crippen MR) is 98.9 cm³/mol. The van der Waals surface area contributed by atoms with Gasteiger partial charge in [0.2, 0.25) is 12.3 Å². The Balaban J connectivity index is 0.000000278. The minimum absolute atomic E-state index is 0.129. The van der Waals surface area contributed by atoms with Crippen molar-refractivity contribution >= 4 is 29.2 Å². The second-order valence-electron chi connectivity index (χ2n) is 5.94. The minimum Gasteiger partial charge on any atom is -0.482 e. The summed E-state index contributed by atoms with van der Waals surface area (Å²) >= 11 is 1.58. The van der Waals surface area contributed by atoms with Gasteiger partial charge in [-0.05, 0) is 24.3 Å². The summed E-state index contributed by atoms with van der Waals surface area (Å²) in [6.45, 7) is 1.59. The Morgan fingerprint density at radius 1 is 1.42 bits per heavy atom. The largest absolute Gasteiger partial charge is 0.482 e. The maximum absolute atomic E-state index is 10.6. The molecule has 1 saturated heterocycles. The molecular formula is C16H22N6O3S. The maximum Gasteiger partial charge on any atom is 0.214 e. The highest BCUT2D eigenvalue weighted by atomic mass is 32.2. The van der Waals surface area contributed by atoms with Gasteiger partial charge in [-0.3, -0.25) is 9.48 Å². The summed E-state index contributed by atoms with van der Waals surface area (Å²) in [5.74, 6) is 1.10. The van der Waals surface area contributed by atoms with E-state index in [-0.39, 0.29) is 11.3 Å². The quantitative estimate of drug-likeness (QED) is 0.762. The Kier molecular flexibility index (Phi) is 6.40. The normalized spacial score (nSPS) is 25.1. The first kappa shape index (κ1) is 18.6. The molecule has 4 rings (SSSR count). The van der Waals surface area contributed by atoms with Gasteiger partial charge in [-0.15, -0.1) is 5.10 Å². The average Bonchev–Trinajstić information content (AvgIpc) is 3.31. The number of aryl methyl sites for hydroxylation is 1. The lowest BCUT2D eigenvalue weighted by molar-refractivity contribution is -0.108.